The first-order valence-corrected chi connectivity index (χ1v) is 5.09. The summed E-state index contributed by atoms with van der Waals surface area (Å²) in [5.74, 6) is 4.85. The van der Waals surface area contributed by atoms with Crippen LogP contribution in [0.25, 0.3) is 0 Å². The van der Waals surface area contributed by atoms with Gasteiger partial charge in [-0.15, -0.1) is 0 Å². The van der Waals surface area contributed by atoms with Crippen molar-refractivity contribution in [1.29, 1.82) is 0 Å². The van der Waals surface area contributed by atoms with E-state index >= 15 is 0 Å². The molecule has 0 saturated carbocycles. The lowest BCUT2D eigenvalue weighted by molar-refractivity contribution is -0.121. The average Bonchev–Trinajstić information content (AvgIpc) is 2.08. The van der Waals surface area contributed by atoms with Gasteiger partial charge in [0.15, 0.2) is 0 Å². The fourth-order valence-corrected chi connectivity index (χ4v) is 1.01. The first-order valence-electron chi connectivity index (χ1n) is 5.09. The molecule has 3 N–H and O–H groups in total. The number of nitrogens with two attached hydrogens (primary N) is 1. The van der Waals surface area contributed by atoms with E-state index in [1.807, 2.05) is 20.8 Å². The lowest BCUT2D eigenvalue weighted by Gasteiger charge is -2.19. The fourth-order valence-electron chi connectivity index (χ4n) is 1.01. The van der Waals surface area contributed by atoms with E-state index in [4.69, 9.17) is 10.6 Å². The van der Waals surface area contributed by atoms with E-state index in [2.05, 4.69) is 5.43 Å². The van der Waals surface area contributed by atoms with Crippen LogP contribution < -0.4 is 11.3 Å². The summed E-state index contributed by atoms with van der Waals surface area (Å²) >= 11 is 0. The second-order valence-corrected chi connectivity index (χ2v) is 4.34. The third kappa shape index (κ3) is 9.48. The maximum Gasteiger partial charge on any atom is 0.233 e. The van der Waals surface area contributed by atoms with Crippen LogP contribution in [0.3, 0.4) is 0 Å². The van der Waals surface area contributed by atoms with Gasteiger partial charge in [0.1, 0.15) is 0 Å². The van der Waals surface area contributed by atoms with Gasteiger partial charge in [-0.05, 0) is 33.6 Å². The molecule has 0 fully saturated rings. The lowest BCUT2D eigenvalue weighted by atomic mass is 10.1. The molecule has 4 nitrogen and oxygen atoms in total. The Bertz CT molecular complexity index is 164. The Morgan fingerprint density at radius 2 is 1.93 bits per heavy atom. The summed E-state index contributed by atoms with van der Waals surface area (Å²) < 4.78 is 5.54. The van der Waals surface area contributed by atoms with Gasteiger partial charge in [0.25, 0.3) is 0 Å². The Morgan fingerprint density at radius 3 is 2.43 bits per heavy atom. The van der Waals surface area contributed by atoms with Crippen LogP contribution in [0.4, 0.5) is 0 Å². The molecule has 0 heterocycles. The molecule has 0 rings (SSSR count). The summed E-state index contributed by atoms with van der Waals surface area (Å²) in [6.45, 7) is 6.87. The van der Waals surface area contributed by atoms with Crippen molar-refractivity contribution in [3.63, 3.8) is 0 Å². The van der Waals surface area contributed by atoms with Gasteiger partial charge in [-0.25, -0.2) is 5.84 Å². The molecule has 0 bridgehead atoms. The number of rotatable bonds is 6. The van der Waals surface area contributed by atoms with E-state index < -0.39 is 0 Å². The van der Waals surface area contributed by atoms with Crippen molar-refractivity contribution in [2.75, 3.05) is 6.61 Å². The third-order valence-electron chi connectivity index (χ3n) is 1.74. The van der Waals surface area contributed by atoms with Crippen LogP contribution in [0.1, 0.15) is 46.5 Å². The highest BCUT2D eigenvalue weighted by atomic mass is 16.5. The second kappa shape index (κ2) is 6.79. The molecule has 0 aromatic rings. The largest absolute Gasteiger partial charge is 0.376 e. The smallest absolute Gasteiger partial charge is 0.233 e. The maximum atomic E-state index is 10.7. The lowest BCUT2D eigenvalue weighted by Crippen LogP contribution is -2.29. The van der Waals surface area contributed by atoms with E-state index in [0.29, 0.717) is 6.42 Å². The minimum Gasteiger partial charge on any atom is -0.376 e. The van der Waals surface area contributed by atoms with Gasteiger partial charge in [-0.2, -0.15) is 0 Å². The van der Waals surface area contributed by atoms with E-state index in [1.165, 1.54) is 0 Å². The van der Waals surface area contributed by atoms with Crippen LogP contribution in [-0.2, 0) is 9.53 Å². The van der Waals surface area contributed by atoms with Crippen LogP contribution in [0.2, 0.25) is 0 Å². The molecule has 0 radical (unpaired) electrons. The molecule has 0 spiro atoms. The fraction of sp³-hybridized carbons (Fsp3) is 0.900. The molecule has 0 aliphatic carbocycles. The summed E-state index contributed by atoms with van der Waals surface area (Å²) in [5.41, 5.74) is 2.05. The number of hydrogen-bond acceptors (Lipinski definition) is 3. The topological polar surface area (TPSA) is 64.3 Å². The van der Waals surface area contributed by atoms with Gasteiger partial charge in [-0.3, -0.25) is 10.2 Å². The Labute approximate surface area is 86.2 Å². The summed E-state index contributed by atoms with van der Waals surface area (Å²) in [5, 5.41) is 0. The number of unbranched alkanes of at least 4 members (excludes halogenated alkanes) is 2. The van der Waals surface area contributed by atoms with Gasteiger partial charge < -0.3 is 4.74 Å². The SMILES string of the molecule is CC(C)(C)OCCCCCC(=O)NN. The van der Waals surface area contributed by atoms with Crippen molar-refractivity contribution in [1.82, 2.24) is 5.43 Å². The highest BCUT2D eigenvalue weighted by molar-refractivity contribution is 5.74. The van der Waals surface area contributed by atoms with E-state index in [1.54, 1.807) is 0 Å². The van der Waals surface area contributed by atoms with Crippen molar-refractivity contribution < 1.29 is 9.53 Å². The van der Waals surface area contributed by atoms with Crippen molar-refractivity contribution in [3.05, 3.63) is 0 Å². The summed E-state index contributed by atoms with van der Waals surface area (Å²) in [6, 6.07) is 0. The number of hydrogen-bond donors (Lipinski definition) is 2. The Morgan fingerprint density at radius 1 is 1.29 bits per heavy atom. The molecule has 1 amide bonds. The molecular weight excluding hydrogens is 180 g/mol. The van der Waals surface area contributed by atoms with Crippen LogP contribution in [-0.4, -0.2) is 18.1 Å². The van der Waals surface area contributed by atoms with Gasteiger partial charge in [0.05, 0.1) is 5.60 Å². The highest BCUT2D eigenvalue weighted by Crippen LogP contribution is 2.08. The van der Waals surface area contributed by atoms with Crippen molar-refractivity contribution in [2.45, 2.75) is 52.1 Å². The highest BCUT2D eigenvalue weighted by Gasteiger charge is 2.08. The zero-order valence-electron chi connectivity index (χ0n) is 9.43. The average molecular weight is 202 g/mol. The van der Waals surface area contributed by atoms with E-state index in [-0.39, 0.29) is 11.5 Å². The molecule has 0 aliphatic rings. The van der Waals surface area contributed by atoms with E-state index in [9.17, 15) is 4.79 Å². The zero-order chi connectivity index (χ0) is 11.0. The molecule has 0 aromatic carbocycles. The molecule has 4 heteroatoms. The van der Waals surface area contributed by atoms with Crippen molar-refractivity contribution >= 4 is 5.91 Å². The summed E-state index contributed by atoms with van der Waals surface area (Å²) in [4.78, 5) is 10.7. The number of carbonyl (C=O) groups excluding carboxylic acids is 1. The molecule has 0 unspecified atom stereocenters. The van der Waals surface area contributed by atoms with Crippen LogP contribution in [0.5, 0.6) is 0 Å². The van der Waals surface area contributed by atoms with Gasteiger partial charge >= 0.3 is 0 Å². The maximum absolute atomic E-state index is 10.7. The number of ether oxygens (including phenoxy) is 1. The first-order chi connectivity index (χ1) is 6.45. The van der Waals surface area contributed by atoms with Gasteiger partial charge in [0.2, 0.25) is 5.91 Å². The monoisotopic (exact) mass is 202 g/mol. The number of amides is 1. The minimum atomic E-state index is -0.0956. The normalized spacial score (nSPS) is 11.4. The van der Waals surface area contributed by atoms with Gasteiger partial charge in [-0.1, -0.05) is 6.42 Å². The quantitative estimate of drug-likeness (QED) is 0.296. The van der Waals surface area contributed by atoms with Crippen molar-refractivity contribution in [2.24, 2.45) is 5.84 Å². The molecule has 0 saturated heterocycles. The Hall–Kier alpha value is -0.610. The summed E-state index contributed by atoms with van der Waals surface area (Å²) in [6.07, 6.45) is 3.38. The standard InChI is InChI=1S/C10H22N2O2/c1-10(2,3)14-8-6-4-5-7-9(13)12-11/h4-8,11H2,1-3H3,(H,12,13). The summed E-state index contributed by atoms with van der Waals surface area (Å²) in [7, 11) is 0. The molecule has 0 aliphatic heterocycles. The third-order valence-corrected chi connectivity index (χ3v) is 1.74. The van der Waals surface area contributed by atoms with Crippen LogP contribution >= 0.6 is 0 Å². The Balaban J connectivity index is 3.18. The molecule has 0 aromatic heterocycles. The predicted octanol–water partition coefficient (Wildman–Crippen LogP) is 1.35. The van der Waals surface area contributed by atoms with Crippen LogP contribution in [0, 0.1) is 0 Å². The van der Waals surface area contributed by atoms with Crippen LogP contribution in [0.15, 0.2) is 0 Å². The number of nitrogens with one attached hydrogen (secondary N) is 1. The molecule has 84 valence electrons. The minimum absolute atomic E-state index is 0.0609. The second-order valence-electron chi connectivity index (χ2n) is 4.34. The van der Waals surface area contributed by atoms with Crippen molar-refractivity contribution in [3.8, 4) is 0 Å². The molecule has 14 heavy (non-hydrogen) atoms. The molecule has 0 atom stereocenters. The number of hydrazine groups is 1. The molecular formula is C10H22N2O2. The van der Waals surface area contributed by atoms with Gasteiger partial charge in [0, 0.05) is 13.0 Å². The first kappa shape index (κ1) is 13.4. The Kier molecular flexibility index (Phi) is 6.49. The zero-order valence-corrected chi connectivity index (χ0v) is 9.43. The number of carbonyl (C=O) groups is 1. The van der Waals surface area contributed by atoms with E-state index in [0.717, 1.165) is 25.9 Å². The predicted molar refractivity (Wildman–Crippen MR) is 56.5 cm³/mol.